The number of alkyl carbamates (subject to hydrolysis) is 1. The Bertz CT molecular complexity index is 1350. The van der Waals surface area contributed by atoms with E-state index in [1.165, 1.54) is 6.21 Å². The molecule has 0 heterocycles. The molecular formula is C31H35BrIN3O6. The highest BCUT2D eigenvalue weighted by Gasteiger charge is 2.24. The Morgan fingerprint density at radius 3 is 2.36 bits per heavy atom. The average Bonchev–Trinajstić information content (AvgIpc) is 2.93. The second kappa shape index (κ2) is 16.5. The minimum atomic E-state index is -1.03. The van der Waals surface area contributed by atoms with Crippen molar-refractivity contribution >= 4 is 56.7 Å². The van der Waals surface area contributed by atoms with Gasteiger partial charge in [0.05, 0.1) is 29.6 Å². The summed E-state index contributed by atoms with van der Waals surface area (Å²) < 4.78 is 24.8. The summed E-state index contributed by atoms with van der Waals surface area (Å²) in [4.78, 5) is 25.4. The topological polar surface area (TPSA) is 107 Å². The van der Waals surface area contributed by atoms with E-state index in [0.717, 1.165) is 19.2 Å². The molecule has 3 rings (SSSR count). The Labute approximate surface area is 268 Å². The molecule has 0 radical (unpaired) electrons. The van der Waals surface area contributed by atoms with Crippen molar-refractivity contribution in [1.82, 2.24) is 10.7 Å². The monoisotopic (exact) mass is 751 g/mol. The van der Waals surface area contributed by atoms with Crippen LogP contribution in [0.4, 0.5) is 4.79 Å². The molecule has 2 N–H and O–H groups in total. The molecule has 2 amide bonds. The van der Waals surface area contributed by atoms with Crippen LogP contribution in [-0.4, -0.2) is 43.1 Å². The van der Waals surface area contributed by atoms with Crippen LogP contribution in [0.15, 0.2) is 76.3 Å². The molecule has 1 atom stereocenters. The quantitative estimate of drug-likeness (QED) is 0.116. The zero-order valence-corrected chi connectivity index (χ0v) is 27.7. The van der Waals surface area contributed by atoms with Crippen LogP contribution in [-0.2, 0) is 27.5 Å². The van der Waals surface area contributed by atoms with Crippen LogP contribution < -0.4 is 20.2 Å². The Morgan fingerprint density at radius 1 is 1.00 bits per heavy atom. The van der Waals surface area contributed by atoms with Gasteiger partial charge in [-0.15, -0.1) is 0 Å². The highest BCUT2D eigenvalue weighted by Crippen LogP contribution is 2.34. The van der Waals surface area contributed by atoms with Crippen molar-refractivity contribution in [3.63, 3.8) is 0 Å². The number of carbonyl (C=O) groups excluding carboxylic acids is 2. The van der Waals surface area contributed by atoms with Gasteiger partial charge >= 0.3 is 6.09 Å². The normalized spacial score (nSPS) is 12.0. The number of benzene rings is 3. The molecule has 0 aliphatic heterocycles. The number of rotatable bonds is 13. The third kappa shape index (κ3) is 11.6. The van der Waals surface area contributed by atoms with Gasteiger partial charge in [-0.05, 0) is 91.2 Å². The molecule has 0 unspecified atom stereocenters. The molecular weight excluding hydrogens is 717 g/mol. The predicted octanol–water partition coefficient (Wildman–Crippen LogP) is 6.59. The predicted molar refractivity (Wildman–Crippen MR) is 174 cm³/mol. The maximum atomic E-state index is 13.0. The standard InChI is InChI=1S/C31H35BrIN3O6/c1-5-40-27-16-23(15-25(33)28(27)41-19-22-11-13-24(32)14-12-22)17-34-36-29(37)26(35-30(38)42-31(2,3)4)20-39-18-21-9-7-6-8-10-21/h6-17,26H,5,18-20H2,1-4H3,(H,35,38)(H,36,37)/b34-17-/t26-/m0/s1. The van der Waals surface area contributed by atoms with Gasteiger partial charge in [0.1, 0.15) is 18.2 Å². The van der Waals surface area contributed by atoms with E-state index >= 15 is 0 Å². The third-order valence-corrected chi connectivity index (χ3v) is 6.75. The maximum absolute atomic E-state index is 13.0. The average molecular weight is 752 g/mol. The van der Waals surface area contributed by atoms with E-state index < -0.39 is 23.6 Å². The minimum absolute atomic E-state index is 0.0771. The van der Waals surface area contributed by atoms with Crippen LogP contribution in [0.2, 0.25) is 0 Å². The van der Waals surface area contributed by atoms with Crippen molar-refractivity contribution in [2.24, 2.45) is 5.10 Å². The fourth-order valence-electron chi connectivity index (χ4n) is 3.55. The molecule has 0 aromatic heterocycles. The molecule has 0 spiro atoms. The van der Waals surface area contributed by atoms with Crippen molar-refractivity contribution < 1.29 is 28.5 Å². The minimum Gasteiger partial charge on any atom is -0.490 e. The van der Waals surface area contributed by atoms with Crippen molar-refractivity contribution in [1.29, 1.82) is 0 Å². The summed E-state index contributed by atoms with van der Waals surface area (Å²) in [5.41, 5.74) is 4.41. The highest BCUT2D eigenvalue weighted by atomic mass is 127. The molecule has 0 fully saturated rings. The molecule has 0 aliphatic carbocycles. The summed E-state index contributed by atoms with van der Waals surface area (Å²) >= 11 is 5.62. The molecule has 0 saturated heterocycles. The maximum Gasteiger partial charge on any atom is 0.408 e. The second-order valence-electron chi connectivity index (χ2n) is 10.1. The van der Waals surface area contributed by atoms with Gasteiger partial charge in [-0.25, -0.2) is 10.2 Å². The number of ether oxygens (including phenoxy) is 4. The van der Waals surface area contributed by atoms with E-state index in [0.29, 0.717) is 30.3 Å². The van der Waals surface area contributed by atoms with E-state index in [4.69, 9.17) is 18.9 Å². The van der Waals surface area contributed by atoms with Gasteiger partial charge in [-0.3, -0.25) is 4.79 Å². The van der Waals surface area contributed by atoms with Crippen LogP contribution in [0.1, 0.15) is 44.4 Å². The van der Waals surface area contributed by atoms with E-state index in [9.17, 15) is 9.59 Å². The summed E-state index contributed by atoms with van der Waals surface area (Å²) in [6.07, 6.45) is 0.765. The van der Waals surface area contributed by atoms with Gasteiger partial charge in [0, 0.05) is 4.47 Å². The van der Waals surface area contributed by atoms with Gasteiger partial charge in [0.25, 0.3) is 5.91 Å². The van der Waals surface area contributed by atoms with E-state index in [1.807, 2.05) is 67.6 Å². The number of nitrogens with zero attached hydrogens (tertiary/aromatic N) is 1. The zero-order chi connectivity index (χ0) is 30.5. The molecule has 3 aromatic rings. The number of nitrogens with one attached hydrogen (secondary N) is 2. The van der Waals surface area contributed by atoms with Crippen LogP contribution in [0, 0.1) is 3.57 Å². The van der Waals surface area contributed by atoms with Crippen LogP contribution >= 0.6 is 38.5 Å². The SMILES string of the molecule is CCOc1cc(/C=N\NC(=O)[C@H](COCc2ccccc2)NC(=O)OC(C)(C)C)cc(I)c1OCc1ccc(Br)cc1. The van der Waals surface area contributed by atoms with Gasteiger partial charge in [0.15, 0.2) is 11.5 Å². The Morgan fingerprint density at radius 2 is 1.69 bits per heavy atom. The first-order chi connectivity index (χ1) is 20.0. The van der Waals surface area contributed by atoms with E-state index in [1.54, 1.807) is 26.8 Å². The molecule has 9 nitrogen and oxygen atoms in total. The summed E-state index contributed by atoms with van der Waals surface area (Å²) in [5, 5.41) is 6.68. The number of carbonyl (C=O) groups is 2. The zero-order valence-electron chi connectivity index (χ0n) is 24.0. The fraction of sp³-hybridized carbons (Fsp3) is 0.323. The van der Waals surface area contributed by atoms with Gasteiger partial charge in [-0.1, -0.05) is 58.4 Å². The first-order valence-corrected chi connectivity index (χ1v) is 15.2. The smallest absolute Gasteiger partial charge is 0.408 e. The largest absolute Gasteiger partial charge is 0.490 e. The van der Waals surface area contributed by atoms with Crippen molar-refractivity contribution in [2.75, 3.05) is 13.2 Å². The summed E-state index contributed by atoms with van der Waals surface area (Å²) in [6, 6.07) is 20.0. The lowest BCUT2D eigenvalue weighted by atomic mass is 10.2. The number of halogens is 2. The first kappa shape index (κ1) is 33.3. The number of hydrazone groups is 1. The number of hydrogen-bond donors (Lipinski definition) is 2. The fourth-order valence-corrected chi connectivity index (χ4v) is 4.60. The molecule has 11 heteroatoms. The Hall–Kier alpha value is -3.16. The summed E-state index contributed by atoms with van der Waals surface area (Å²) in [6.45, 7) is 8.15. The molecule has 42 heavy (non-hydrogen) atoms. The third-order valence-electron chi connectivity index (χ3n) is 5.42. The van der Waals surface area contributed by atoms with Crippen LogP contribution in [0.5, 0.6) is 11.5 Å². The highest BCUT2D eigenvalue weighted by molar-refractivity contribution is 14.1. The molecule has 0 saturated carbocycles. The summed E-state index contributed by atoms with van der Waals surface area (Å²) in [5.74, 6) is 0.631. The molecule has 224 valence electrons. The van der Waals surface area contributed by atoms with Crippen molar-refractivity contribution in [3.8, 4) is 11.5 Å². The molecule has 0 aliphatic rings. The summed E-state index contributed by atoms with van der Waals surface area (Å²) in [7, 11) is 0. The van der Waals surface area contributed by atoms with Gasteiger partial charge < -0.3 is 24.3 Å². The van der Waals surface area contributed by atoms with Crippen molar-refractivity contribution in [2.45, 2.75) is 52.6 Å². The lowest BCUT2D eigenvalue weighted by molar-refractivity contribution is -0.124. The van der Waals surface area contributed by atoms with Gasteiger partial charge in [-0.2, -0.15) is 5.10 Å². The lowest BCUT2D eigenvalue weighted by Crippen LogP contribution is -2.49. The van der Waals surface area contributed by atoms with Crippen molar-refractivity contribution in [3.05, 3.63) is 91.5 Å². The second-order valence-corrected chi connectivity index (χ2v) is 12.2. The lowest BCUT2D eigenvalue weighted by Gasteiger charge is -2.22. The first-order valence-electron chi connectivity index (χ1n) is 13.3. The Kier molecular flexibility index (Phi) is 13.1. The number of amides is 2. The molecule has 3 aromatic carbocycles. The van der Waals surface area contributed by atoms with Crippen LogP contribution in [0.3, 0.4) is 0 Å². The molecule has 0 bridgehead atoms. The van der Waals surface area contributed by atoms with Gasteiger partial charge in [0.2, 0.25) is 0 Å². The van der Waals surface area contributed by atoms with E-state index in [2.05, 4.69) is 54.4 Å². The Balaban J connectivity index is 1.67. The van der Waals surface area contributed by atoms with Crippen LogP contribution in [0.25, 0.3) is 0 Å². The number of hydrogen-bond acceptors (Lipinski definition) is 7. The van der Waals surface area contributed by atoms with E-state index in [-0.39, 0.29) is 13.2 Å².